The summed E-state index contributed by atoms with van der Waals surface area (Å²) in [6.45, 7) is 7.79. The standard InChI is InChI=1S/C19H32/c1-4-7-18-9-5-8-16(2,14-18)15-6-10-19(18)12-11-17(19,3)13-15/h15H,4-14H2,1-3H3. The number of hydrogen-bond acceptors (Lipinski definition) is 0. The largest absolute Gasteiger partial charge is 0.0654 e. The smallest absolute Gasteiger partial charge is 0.0186 e. The van der Waals surface area contributed by atoms with Crippen LogP contribution in [-0.2, 0) is 0 Å². The molecule has 0 aromatic rings. The van der Waals surface area contributed by atoms with Crippen LogP contribution in [0.5, 0.6) is 0 Å². The highest BCUT2D eigenvalue weighted by Gasteiger charge is 2.71. The zero-order valence-corrected chi connectivity index (χ0v) is 13.4. The van der Waals surface area contributed by atoms with Crippen LogP contribution in [0.1, 0.15) is 91.4 Å². The first-order valence-corrected chi connectivity index (χ1v) is 8.99. The van der Waals surface area contributed by atoms with Crippen LogP contribution in [0.25, 0.3) is 0 Å². The average molecular weight is 260 g/mol. The highest BCUT2D eigenvalue weighted by Crippen LogP contribution is 2.81. The third kappa shape index (κ3) is 1.28. The lowest BCUT2D eigenvalue weighted by atomic mass is 9.36. The van der Waals surface area contributed by atoms with Gasteiger partial charge in [0.2, 0.25) is 0 Å². The maximum absolute atomic E-state index is 2.68. The van der Waals surface area contributed by atoms with Crippen molar-refractivity contribution >= 4 is 0 Å². The molecule has 0 amide bonds. The van der Waals surface area contributed by atoms with Crippen LogP contribution in [0, 0.1) is 27.6 Å². The molecule has 0 heteroatoms. The number of fused-ring (bicyclic) bond motifs is 1. The Hall–Kier alpha value is 0. The number of hydrogen-bond donors (Lipinski definition) is 0. The molecule has 5 rings (SSSR count). The SMILES string of the molecule is CCCC12CCCC(C)(C1)C1CCC23CCC3(C)C1. The van der Waals surface area contributed by atoms with Crippen molar-refractivity contribution in [1.82, 2.24) is 0 Å². The summed E-state index contributed by atoms with van der Waals surface area (Å²) < 4.78 is 0. The summed E-state index contributed by atoms with van der Waals surface area (Å²) in [6.07, 6.45) is 17.0. The number of rotatable bonds is 2. The van der Waals surface area contributed by atoms with Crippen molar-refractivity contribution in [2.75, 3.05) is 0 Å². The molecule has 5 aliphatic carbocycles. The van der Waals surface area contributed by atoms with Crippen molar-refractivity contribution in [3.05, 3.63) is 0 Å². The van der Waals surface area contributed by atoms with Gasteiger partial charge in [0.25, 0.3) is 0 Å². The normalized spacial score (nSPS) is 59.2. The van der Waals surface area contributed by atoms with Gasteiger partial charge in [0, 0.05) is 0 Å². The molecule has 5 saturated carbocycles. The molecule has 0 radical (unpaired) electrons. The molecule has 0 aliphatic heterocycles. The van der Waals surface area contributed by atoms with E-state index in [1.807, 2.05) is 0 Å². The highest BCUT2D eigenvalue weighted by atomic mass is 14.8. The fourth-order valence-corrected chi connectivity index (χ4v) is 7.88. The van der Waals surface area contributed by atoms with Crippen LogP contribution in [0.2, 0.25) is 0 Å². The summed E-state index contributed by atoms with van der Waals surface area (Å²) in [5.41, 5.74) is 2.95. The van der Waals surface area contributed by atoms with E-state index in [2.05, 4.69) is 20.8 Å². The molecule has 5 atom stereocenters. The van der Waals surface area contributed by atoms with Crippen LogP contribution in [0.4, 0.5) is 0 Å². The van der Waals surface area contributed by atoms with Crippen molar-refractivity contribution in [2.45, 2.75) is 91.4 Å². The molecule has 0 heterocycles. The minimum Gasteiger partial charge on any atom is -0.0654 e. The van der Waals surface area contributed by atoms with Crippen molar-refractivity contribution in [3.63, 3.8) is 0 Å². The fraction of sp³-hybridized carbons (Fsp3) is 1.00. The Balaban J connectivity index is 1.87. The van der Waals surface area contributed by atoms with E-state index in [0.29, 0.717) is 5.41 Å². The molecule has 0 N–H and O–H groups in total. The topological polar surface area (TPSA) is 0 Å². The zero-order chi connectivity index (χ0) is 13.4. The predicted molar refractivity (Wildman–Crippen MR) is 81.0 cm³/mol. The second-order valence-corrected chi connectivity index (χ2v) is 9.30. The van der Waals surface area contributed by atoms with E-state index in [1.165, 1.54) is 25.7 Å². The van der Waals surface area contributed by atoms with Gasteiger partial charge in [-0.25, -0.2) is 0 Å². The van der Waals surface area contributed by atoms with Crippen LogP contribution < -0.4 is 0 Å². The van der Waals surface area contributed by atoms with Gasteiger partial charge in [-0.1, -0.05) is 33.6 Å². The zero-order valence-electron chi connectivity index (χ0n) is 13.4. The van der Waals surface area contributed by atoms with E-state index < -0.39 is 0 Å². The summed E-state index contributed by atoms with van der Waals surface area (Å²) in [4.78, 5) is 0. The van der Waals surface area contributed by atoms with E-state index in [1.54, 1.807) is 44.9 Å². The molecule has 5 unspecified atom stereocenters. The molecule has 1 spiro atoms. The Morgan fingerprint density at radius 1 is 1.00 bits per heavy atom. The second-order valence-electron chi connectivity index (χ2n) is 9.30. The minimum atomic E-state index is 0.706. The first-order valence-electron chi connectivity index (χ1n) is 8.99. The van der Waals surface area contributed by atoms with E-state index in [9.17, 15) is 0 Å². The van der Waals surface area contributed by atoms with E-state index in [-0.39, 0.29) is 0 Å². The summed E-state index contributed by atoms with van der Waals surface area (Å²) in [6, 6.07) is 0. The lowest BCUT2D eigenvalue weighted by Crippen LogP contribution is -2.60. The third-order valence-corrected chi connectivity index (χ3v) is 8.75. The van der Waals surface area contributed by atoms with Crippen LogP contribution in [0.3, 0.4) is 0 Å². The van der Waals surface area contributed by atoms with Crippen molar-refractivity contribution in [1.29, 1.82) is 0 Å². The molecule has 19 heavy (non-hydrogen) atoms. The van der Waals surface area contributed by atoms with E-state index in [0.717, 1.165) is 22.2 Å². The maximum atomic E-state index is 2.68. The third-order valence-electron chi connectivity index (χ3n) is 8.75. The van der Waals surface area contributed by atoms with Crippen molar-refractivity contribution in [2.24, 2.45) is 27.6 Å². The minimum absolute atomic E-state index is 0.706. The lowest BCUT2D eigenvalue weighted by molar-refractivity contribution is -0.194. The van der Waals surface area contributed by atoms with Crippen LogP contribution >= 0.6 is 0 Å². The van der Waals surface area contributed by atoms with Crippen LogP contribution in [0.15, 0.2) is 0 Å². The van der Waals surface area contributed by atoms with Gasteiger partial charge in [0.1, 0.15) is 0 Å². The summed E-state index contributed by atoms with van der Waals surface area (Å²) in [5, 5.41) is 0. The van der Waals surface area contributed by atoms with Gasteiger partial charge in [-0.2, -0.15) is 0 Å². The lowest BCUT2D eigenvalue weighted by Gasteiger charge is -2.69. The molecule has 0 aromatic heterocycles. The molecular formula is C19H32. The maximum Gasteiger partial charge on any atom is -0.0186 e. The first kappa shape index (κ1) is 12.7. The Morgan fingerprint density at radius 3 is 2.47 bits per heavy atom. The monoisotopic (exact) mass is 260 g/mol. The molecular weight excluding hydrogens is 228 g/mol. The molecule has 5 fully saturated rings. The Kier molecular flexibility index (Phi) is 2.41. The first-order chi connectivity index (χ1) is 8.99. The Morgan fingerprint density at radius 2 is 1.84 bits per heavy atom. The van der Waals surface area contributed by atoms with Crippen molar-refractivity contribution in [3.8, 4) is 0 Å². The van der Waals surface area contributed by atoms with E-state index >= 15 is 0 Å². The molecule has 0 saturated heterocycles. The van der Waals surface area contributed by atoms with Gasteiger partial charge in [-0.3, -0.25) is 0 Å². The van der Waals surface area contributed by atoms with Gasteiger partial charge >= 0.3 is 0 Å². The summed E-state index contributed by atoms with van der Waals surface area (Å²) in [5.74, 6) is 1.06. The average Bonchev–Trinajstić information content (AvgIpc) is 2.43. The van der Waals surface area contributed by atoms with Gasteiger partial charge in [0.05, 0.1) is 0 Å². The van der Waals surface area contributed by atoms with Gasteiger partial charge in [-0.05, 0) is 85.4 Å². The summed E-state index contributed by atoms with van der Waals surface area (Å²) >= 11 is 0. The second kappa shape index (κ2) is 3.60. The fourth-order valence-electron chi connectivity index (χ4n) is 7.88. The Labute approximate surface area is 119 Å². The quantitative estimate of drug-likeness (QED) is 0.575. The van der Waals surface area contributed by atoms with Crippen molar-refractivity contribution < 1.29 is 0 Å². The molecule has 0 aromatic carbocycles. The molecule has 108 valence electrons. The molecule has 5 aliphatic rings. The molecule has 0 nitrogen and oxygen atoms in total. The van der Waals surface area contributed by atoms with Crippen LogP contribution in [-0.4, -0.2) is 0 Å². The van der Waals surface area contributed by atoms with E-state index in [4.69, 9.17) is 0 Å². The Bertz CT molecular complexity index is 395. The van der Waals surface area contributed by atoms with Gasteiger partial charge in [0.15, 0.2) is 0 Å². The summed E-state index contributed by atoms with van der Waals surface area (Å²) in [7, 11) is 0. The highest BCUT2D eigenvalue weighted by molar-refractivity contribution is 5.21. The van der Waals surface area contributed by atoms with Gasteiger partial charge in [-0.15, -0.1) is 0 Å². The predicted octanol–water partition coefficient (Wildman–Crippen LogP) is 5.95. The van der Waals surface area contributed by atoms with Gasteiger partial charge < -0.3 is 0 Å². The molecule has 4 bridgehead atoms.